The maximum absolute atomic E-state index is 5.62. The van der Waals surface area contributed by atoms with Crippen LogP contribution in [0.4, 0.5) is 0 Å². The minimum absolute atomic E-state index is 0.344. The molecule has 0 amide bonds. The number of benzene rings is 3. The van der Waals surface area contributed by atoms with Crippen LogP contribution >= 0.6 is 0 Å². The van der Waals surface area contributed by atoms with Crippen LogP contribution in [0.25, 0.3) is 5.32 Å². The first-order chi connectivity index (χ1) is 15.7. The first-order valence-electron chi connectivity index (χ1n) is 11.9. The van der Waals surface area contributed by atoms with Gasteiger partial charge in [-0.05, 0) is 41.5 Å². The van der Waals surface area contributed by atoms with Gasteiger partial charge in [-0.1, -0.05) is 84.9 Å². The molecule has 6 rings (SSSR count). The van der Waals surface area contributed by atoms with E-state index >= 15 is 0 Å². The average Bonchev–Trinajstić information content (AvgIpc) is 2.85. The Balaban J connectivity index is 1.53. The van der Waals surface area contributed by atoms with Crippen LogP contribution in [0.15, 0.2) is 84.9 Å². The number of para-hydroxylation sites is 1. The smallest absolute Gasteiger partial charge is 0.120 e. The second-order valence-electron chi connectivity index (χ2n) is 9.70. The molecule has 0 saturated carbocycles. The van der Waals surface area contributed by atoms with E-state index in [0.717, 1.165) is 16.8 Å². The number of methoxy groups -OCH3 is 1. The van der Waals surface area contributed by atoms with E-state index in [1.165, 1.54) is 42.6 Å². The Morgan fingerprint density at radius 1 is 0.844 bits per heavy atom. The van der Waals surface area contributed by atoms with Crippen LogP contribution < -0.4 is 4.74 Å². The highest BCUT2D eigenvalue weighted by Gasteiger charge is 2.51. The predicted molar refractivity (Wildman–Crippen MR) is 131 cm³/mol. The Labute approximate surface area is 192 Å². The number of likely N-dealkylation sites (N-methyl/N-ethyl adjacent to an activating group) is 1. The van der Waals surface area contributed by atoms with Gasteiger partial charge in [0.05, 0.1) is 39.2 Å². The van der Waals surface area contributed by atoms with Crippen LogP contribution in [0, 0.1) is 5.92 Å². The normalized spacial score (nSPS) is 26.9. The van der Waals surface area contributed by atoms with Crippen LogP contribution in [-0.4, -0.2) is 43.8 Å². The van der Waals surface area contributed by atoms with E-state index in [2.05, 4.69) is 79.8 Å². The highest BCUT2D eigenvalue weighted by atomic mass is 16.5. The van der Waals surface area contributed by atoms with Gasteiger partial charge in [0.2, 0.25) is 0 Å². The number of hydrogen-bond donors (Lipinski definition) is 0. The van der Waals surface area contributed by atoms with E-state index in [1.807, 2.05) is 12.1 Å². The zero-order valence-electron chi connectivity index (χ0n) is 19.2. The van der Waals surface area contributed by atoms with Crippen molar-refractivity contribution >= 4 is 0 Å². The first kappa shape index (κ1) is 21.2. The van der Waals surface area contributed by atoms with E-state index < -0.39 is 0 Å². The molecule has 3 nitrogen and oxygen atoms in total. The second kappa shape index (κ2) is 9.09. The van der Waals surface area contributed by atoms with Crippen LogP contribution in [0.2, 0.25) is 0 Å². The van der Waals surface area contributed by atoms with Crippen molar-refractivity contribution in [2.24, 2.45) is 5.92 Å². The molecule has 3 heteroatoms. The lowest BCUT2D eigenvalue weighted by molar-refractivity contribution is -0.950. The van der Waals surface area contributed by atoms with Gasteiger partial charge in [0.15, 0.2) is 0 Å². The van der Waals surface area contributed by atoms with Gasteiger partial charge in [-0.2, -0.15) is 0 Å². The number of piperidine rings is 3. The fraction of sp³-hybridized carbons (Fsp3) is 0.379. The molecular formula is C29H34N2O. The monoisotopic (exact) mass is 426 g/mol. The fourth-order valence-corrected chi connectivity index (χ4v) is 6.22. The average molecular weight is 427 g/mol. The van der Waals surface area contributed by atoms with E-state index in [-0.39, 0.29) is 0 Å². The van der Waals surface area contributed by atoms with Crippen molar-refractivity contribution in [3.8, 4) is 5.75 Å². The van der Waals surface area contributed by atoms with Gasteiger partial charge in [-0.3, -0.25) is 0 Å². The number of fused-ring (bicyclic) bond motifs is 3. The summed E-state index contributed by atoms with van der Waals surface area (Å²) in [5, 5.41) is 5.45. The molecule has 3 aliphatic heterocycles. The van der Waals surface area contributed by atoms with Crippen molar-refractivity contribution in [3.63, 3.8) is 0 Å². The van der Waals surface area contributed by atoms with Crippen molar-refractivity contribution < 1.29 is 9.22 Å². The summed E-state index contributed by atoms with van der Waals surface area (Å²) in [6.45, 7) is 3.23. The number of hydrogen-bond acceptors (Lipinski definition) is 1. The Morgan fingerprint density at radius 3 is 2.00 bits per heavy atom. The third kappa shape index (κ3) is 3.96. The summed E-state index contributed by atoms with van der Waals surface area (Å²) in [5.74, 6) is 1.96. The molecular weight excluding hydrogens is 392 g/mol. The molecule has 3 fully saturated rings. The summed E-state index contributed by atoms with van der Waals surface area (Å²) in [7, 11) is 4.23. The molecule has 3 heterocycles. The molecule has 0 aliphatic carbocycles. The van der Waals surface area contributed by atoms with Gasteiger partial charge >= 0.3 is 0 Å². The number of nitrogens with zero attached hydrogens (tertiary/aromatic N) is 2. The molecule has 0 N–H and O–H groups in total. The van der Waals surface area contributed by atoms with Gasteiger partial charge in [0, 0.05) is 0 Å². The maximum atomic E-state index is 5.62. The van der Waals surface area contributed by atoms with E-state index in [9.17, 15) is 0 Å². The van der Waals surface area contributed by atoms with Crippen LogP contribution in [-0.2, 0) is 6.54 Å². The maximum Gasteiger partial charge on any atom is 0.120 e. The molecule has 3 aromatic rings. The van der Waals surface area contributed by atoms with Gasteiger partial charge < -0.3 is 14.5 Å². The first-order valence-corrected chi connectivity index (χ1v) is 11.9. The molecule has 3 saturated heterocycles. The predicted octanol–water partition coefficient (Wildman–Crippen LogP) is 6.01. The Morgan fingerprint density at radius 2 is 1.41 bits per heavy atom. The standard InChI is InChI=1S/C29H34N2O/c1-31-19-17-24(18-20-31)28(30-21-25-15-9-10-16-26(25)32-2)29(31)27(22-11-5-3-6-12-22)23-13-7-4-8-14-23/h3-16,24,27-29H,17-21H2,1-2H3/t24?,28-,29-,31?/m0/s1. The van der Waals surface area contributed by atoms with Gasteiger partial charge in [0.25, 0.3) is 0 Å². The Bertz CT molecular complexity index is 972. The van der Waals surface area contributed by atoms with Crippen molar-refractivity contribution in [1.29, 1.82) is 0 Å². The van der Waals surface area contributed by atoms with Crippen molar-refractivity contribution in [2.75, 3.05) is 27.2 Å². The van der Waals surface area contributed by atoms with Crippen LogP contribution in [0.1, 0.15) is 35.4 Å². The minimum atomic E-state index is 0.344. The van der Waals surface area contributed by atoms with Crippen molar-refractivity contribution in [3.05, 3.63) is 107 Å². The topological polar surface area (TPSA) is 23.3 Å². The summed E-state index contributed by atoms with van der Waals surface area (Å²) in [6.07, 6.45) is 2.56. The molecule has 0 radical (unpaired) electrons. The summed E-state index contributed by atoms with van der Waals surface area (Å²) in [4.78, 5) is 0. The zero-order chi connectivity index (χ0) is 22.0. The lowest BCUT2D eigenvalue weighted by Crippen LogP contribution is -2.69. The van der Waals surface area contributed by atoms with E-state index in [1.54, 1.807) is 7.11 Å². The van der Waals surface area contributed by atoms with E-state index in [0.29, 0.717) is 23.9 Å². The Kier molecular flexibility index (Phi) is 6.03. The lowest BCUT2D eigenvalue weighted by atomic mass is 9.69. The number of quaternary nitrogens is 1. The lowest BCUT2D eigenvalue weighted by Gasteiger charge is -2.63. The highest BCUT2D eigenvalue weighted by Crippen LogP contribution is 2.48. The molecule has 0 unspecified atom stereocenters. The summed E-state index contributed by atoms with van der Waals surface area (Å²) in [5.41, 5.74) is 4.00. The molecule has 0 spiro atoms. The van der Waals surface area contributed by atoms with Crippen molar-refractivity contribution in [2.45, 2.75) is 37.4 Å². The number of ether oxygens (including phenoxy) is 1. The third-order valence-corrected chi connectivity index (χ3v) is 7.90. The Hall–Kier alpha value is -2.62. The highest BCUT2D eigenvalue weighted by molar-refractivity contribution is 5.38. The zero-order valence-corrected chi connectivity index (χ0v) is 19.2. The minimum Gasteiger partial charge on any atom is -0.651 e. The van der Waals surface area contributed by atoms with Gasteiger partial charge in [-0.15, -0.1) is 6.54 Å². The van der Waals surface area contributed by atoms with E-state index in [4.69, 9.17) is 10.1 Å². The van der Waals surface area contributed by atoms with Gasteiger partial charge in [0.1, 0.15) is 5.75 Å². The molecule has 2 bridgehead atoms. The number of rotatable bonds is 7. The van der Waals surface area contributed by atoms with Crippen molar-refractivity contribution in [1.82, 2.24) is 0 Å². The van der Waals surface area contributed by atoms with Crippen LogP contribution in [0.3, 0.4) is 0 Å². The molecule has 166 valence electrons. The summed E-state index contributed by atoms with van der Waals surface area (Å²) in [6, 6.07) is 31.3. The fourth-order valence-electron chi connectivity index (χ4n) is 6.22. The quantitative estimate of drug-likeness (QED) is 0.425. The largest absolute Gasteiger partial charge is 0.651 e. The molecule has 2 atom stereocenters. The second-order valence-corrected chi connectivity index (χ2v) is 9.70. The van der Waals surface area contributed by atoms with Crippen LogP contribution in [0.5, 0.6) is 5.75 Å². The van der Waals surface area contributed by atoms with Gasteiger partial charge in [-0.25, -0.2) is 0 Å². The third-order valence-electron chi connectivity index (χ3n) is 7.90. The molecule has 3 aromatic carbocycles. The molecule has 0 aromatic heterocycles. The summed E-state index contributed by atoms with van der Waals surface area (Å²) >= 11 is 0. The molecule has 32 heavy (non-hydrogen) atoms. The SMILES string of the molecule is COc1ccccc1C[N-][C@H]1C2CC[N+](C)(CC2)[C@H]1C(c1ccccc1)c1ccccc1. The summed E-state index contributed by atoms with van der Waals surface area (Å²) < 4.78 is 6.73. The molecule has 3 aliphatic rings.